The molecule has 2 aromatic rings. The van der Waals surface area contributed by atoms with Gasteiger partial charge < -0.3 is 10.4 Å². The second-order valence-electron chi connectivity index (χ2n) is 4.43. The van der Waals surface area contributed by atoms with Crippen LogP contribution in [-0.4, -0.2) is 23.5 Å². The summed E-state index contributed by atoms with van der Waals surface area (Å²) in [6, 6.07) is 8.84. The molecule has 0 fully saturated rings. The topological polar surface area (TPSA) is 66.4 Å². The molecule has 0 spiro atoms. The van der Waals surface area contributed by atoms with Crippen LogP contribution in [0.2, 0.25) is 0 Å². The largest absolute Gasteiger partial charge is 0.478 e. The zero-order chi connectivity index (χ0) is 15.1. The van der Waals surface area contributed by atoms with Crippen LogP contribution in [0, 0.1) is 0 Å². The normalized spacial score (nSPS) is 10.7. The number of amides is 1. The first-order valence-corrected chi connectivity index (χ1v) is 7.40. The smallest absolute Gasteiger partial charge is 0.328 e. The van der Waals surface area contributed by atoms with Crippen LogP contribution < -0.4 is 5.32 Å². The molecule has 2 N–H and O–H groups in total. The zero-order valence-electron chi connectivity index (χ0n) is 11.3. The van der Waals surface area contributed by atoms with Crippen molar-refractivity contribution < 1.29 is 14.7 Å². The maximum atomic E-state index is 11.9. The molecule has 0 atom stereocenters. The van der Waals surface area contributed by atoms with E-state index in [0.717, 1.165) is 18.1 Å². The number of carbonyl (C=O) groups is 2. The SMILES string of the molecule is O=C(O)C=Cc1ccc(C(=O)NCCc2ccsc2)cc1. The molecule has 0 unspecified atom stereocenters. The minimum atomic E-state index is -0.995. The molecule has 0 aliphatic carbocycles. The highest BCUT2D eigenvalue weighted by molar-refractivity contribution is 7.07. The van der Waals surface area contributed by atoms with E-state index in [-0.39, 0.29) is 5.91 Å². The van der Waals surface area contributed by atoms with E-state index >= 15 is 0 Å². The molecule has 108 valence electrons. The number of carboxylic acids is 1. The minimum absolute atomic E-state index is 0.126. The van der Waals surface area contributed by atoms with Crippen molar-refractivity contribution in [2.24, 2.45) is 0 Å². The number of carboxylic acid groups (broad SMARTS) is 1. The molecule has 0 bridgehead atoms. The molecule has 0 aliphatic rings. The first-order valence-electron chi connectivity index (χ1n) is 6.45. The van der Waals surface area contributed by atoms with Gasteiger partial charge in [-0.2, -0.15) is 11.3 Å². The van der Waals surface area contributed by atoms with Crippen molar-refractivity contribution in [3.63, 3.8) is 0 Å². The van der Waals surface area contributed by atoms with E-state index in [1.54, 1.807) is 35.6 Å². The molecule has 1 amide bonds. The Bertz CT molecular complexity index is 630. The molecule has 2 rings (SSSR count). The van der Waals surface area contributed by atoms with Gasteiger partial charge in [0.25, 0.3) is 5.91 Å². The first kappa shape index (κ1) is 15.0. The van der Waals surface area contributed by atoms with E-state index in [0.29, 0.717) is 12.1 Å². The summed E-state index contributed by atoms with van der Waals surface area (Å²) in [6.45, 7) is 0.593. The molecule has 21 heavy (non-hydrogen) atoms. The summed E-state index contributed by atoms with van der Waals surface area (Å²) in [7, 11) is 0. The number of carbonyl (C=O) groups excluding carboxylic acids is 1. The van der Waals surface area contributed by atoms with Gasteiger partial charge in [0.05, 0.1) is 0 Å². The monoisotopic (exact) mass is 301 g/mol. The fourth-order valence-electron chi connectivity index (χ4n) is 1.77. The Morgan fingerprint density at radius 2 is 1.95 bits per heavy atom. The second-order valence-corrected chi connectivity index (χ2v) is 5.21. The van der Waals surface area contributed by atoms with Crippen molar-refractivity contribution in [2.75, 3.05) is 6.54 Å². The molecule has 0 aliphatic heterocycles. The van der Waals surface area contributed by atoms with Crippen LogP contribution >= 0.6 is 11.3 Å². The van der Waals surface area contributed by atoms with Crippen LogP contribution in [0.4, 0.5) is 0 Å². The summed E-state index contributed by atoms with van der Waals surface area (Å²) >= 11 is 1.64. The maximum Gasteiger partial charge on any atom is 0.328 e. The van der Waals surface area contributed by atoms with Crippen molar-refractivity contribution in [2.45, 2.75) is 6.42 Å². The van der Waals surface area contributed by atoms with E-state index in [9.17, 15) is 9.59 Å². The van der Waals surface area contributed by atoms with Gasteiger partial charge in [-0.15, -0.1) is 0 Å². The third-order valence-corrected chi connectivity index (χ3v) is 3.60. The van der Waals surface area contributed by atoms with E-state index < -0.39 is 5.97 Å². The zero-order valence-corrected chi connectivity index (χ0v) is 12.1. The van der Waals surface area contributed by atoms with Crippen LogP contribution in [0.25, 0.3) is 6.08 Å². The van der Waals surface area contributed by atoms with Gasteiger partial charge in [-0.3, -0.25) is 4.79 Å². The summed E-state index contributed by atoms with van der Waals surface area (Å²) in [5, 5.41) is 15.5. The molecular formula is C16H15NO3S. The lowest BCUT2D eigenvalue weighted by molar-refractivity contribution is -0.131. The van der Waals surface area contributed by atoms with Crippen LogP contribution in [0.15, 0.2) is 47.2 Å². The summed E-state index contributed by atoms with van der Waals surface area (Å²) in [5.41, 5.74) is 2.52. The lowest BCUT2D eigenvalue weighted by Crippen LogP contribution is -2.25. The van der Waals surface area contributed by atoms with E-state index in [1.165, 1.54) is 11.6 Å². The van der Waals surface area contributed by atoms with Gasteiger partial charge in [0, 0.05) is 18.2 Å². The predicted octanol–water partition coefficient (Wildman–Crippen LogP) is 2.82. The van der Waals surface area contributed by atoms with Crippen LogP contribution in [0.3, 0.4) is 0 Å². The Balaban J connectivity index is 1.86. The van der Waals surface area contributed by atoms with E-state index in [4.69, 9.17) is 5.11 Å². The maximum absolute atomic E-state index is 11.9. The van der Waals surface area contributed by atoms with Crippen molar-refractivity contribution in [1.82, 2.24) is 5.32 Å². The quantitative estimate of drug-likeness (QED) is 0.806. The second kappa shape index (κ2) is 7.40. The van der Waals surface area contributed by atoms with Crippen LogP contribution in [-0.2, 0) is 11.2 Å². The van der Waals surface area contributed by atoms with Gasteiger partial charge in [-0.25, -0.2) is 4.79 Å². The van der Waals surface area contributed by atoms with Crippen molar-refractivity contribution >= 4 is 29.3 Å². The van der Waals surface area contributed by atoms with Gasteiger partial charge in [-0.05, 0) is 52.6 Å². The number of nitrogens with one attached hydrogen (secondary N) is 1. The Morgan fingerprint density at radius 1 is 1.19 bits per heavy atom. The van der Waals surface area contributed by atoms with E-state index in [1.807, 2.05) is 11.4 Å². The average Bonchev–Trinajstić information content (AvgIpc) is 2.99. The molecule has 1 heterocycles. The number of rotatable bonds is 6. The third-order valence-electron chi connectivity index (χ3n) is 2.87. The van der Waals surface area contributed by atoms with Gasteiger partial charge in [-0.1, -0.05) is 12.1 Å². The molecule has 0 saturated heterocycles. The summed E-state index contributed by atoms with van der Waals surface area (Å²) < 4.78 is 0. The Labute approximate surface area is 126 Å². The third kappa shape index (κ3) is 4.89. The number of benzene rings is 1. The van der Waals surface area contributed by atoms with Gasteiger partial charge in [0.15, 0.2) is 0 Å². The highest BCUT2D eigenvalue weighted by atomic mass is 32.1. The number of aliphatic carboxylic acids is 1. The highest BCUT2D eigenvalue weighted by Gasteiger charge is 2.04. The van der Waals surface area contributed by atoms with E-state index in [2.05, 4.69) is 10.7 Å². The molecule has 1 aromatic heterocycles. The Hall–Kier alpha value is -2.40. The number of thiophene rings is 1. The molecule has 0 saturated carbocycles. The number of hydrogen-bond acceptors (Lipinski definition) is 3. The van der Waals surface area contributed by atoms with Crippen molar-refractivity contribution in [3.8, 4) is 0 Å². The van der Waals surface area contributed by atoms with Crippen molar-refractivity contribution in [3.05, 3.63) is 63.9 Å². The molecule has 0 radical (unpaired) electrons. The highest BCUT2D eigenvalue weighted by Crippen LogP contribution is 2.08. The molecule has 5 heteroatoms. The Kier molecular flexibility index (Phi) is 5.29. The van der Waals surface area contributed by atoms with Crippen LogP contribution in [0.1, 0.15) is 21.5 Å². The van der Waals surface area contributed by atoms with Gasteiger partial charge in [0.1, 0.15) is 0 Å². The van der Waals surface area contributed by atoms with Gasteiger partial charge in [0.2, 0.25) is 0 Å². The predicted molar refractivity (Wildman–Crippen MR) is 83.5 cm³/mol. The molecular weight excluding hydrogens is 286 g/mol. The fraction of sp³-hybridized carbons (Fsp3) is 0.125. The molecule has 4 nitrogen and oxygen atoms in total. The summed E-state index contributed by atoms with van der Waals surface area (Å²) in [5.74, 6) is -1.12. The minimum Gasteiger partial charge on any atom is -0.478 e. The molecule has 1 aromatic carbocycles. The Morgan fingerprint density at radius 3 is 2.57 bits per heavy atom. The number of hydrogen-bond donors (Lipinski definition) is 2. The summed E-state index contributed by atoms with van der Waals surface area (Å²) in [6.07, 6.45) is 3.37. The lowest BCUT2D eigenvalue weighted by Gasteiger charge is -2.04. The lowest BCUT2D eigenvalue weighted by atomic mass is 10.1. The fourth-order valence-corrected chi connectivity index (χ4v) is 2.47. The first-order chi connectivity index (χ1) is 10.1. The average molecular weight is 301 g/mol. The standard InChI is InChI=1S/C16H15NO3S/c18-15(19)6-3-12-1-4-14(5-2-12)16(20)17-9-7-13-8-10-21-11-13/h1-6,8,10-11H,7,9H2,(H,17,20)(H,18,19). The van der Waals surface area contributed by atoms with Crippen LogP contribution in [0.5, 0.6) is 0 Å². The summed E-state index contributed by atoms with van der Waals surface area (Å²) in [4.78, 5) is 22.3. The van der Waals surface area contributed by atoms with Gasteiger partial charge >= 0.3 is 5.97 Å². The van der Waals surface area contributed by atoms with Crippen molar-refractivity contribution in [1.29, 1.82) is 0 Å².